The van der Waals surface area contributed by atoms with Crippen LogP contribution in [0.1, 0.15) is 44.7 Å². The highest BCUT2D eigenvalue weighted by molar-refractivity contribution is 5.67. The lowest BCUT2D eigenvalue weighted by Gasteiger charge is -2.21. The van der Waals surface area contributed by atoms with E-state index in [1.807, 2.05) is 0 Å². The van der Waals surface area contributed by atoms with Gasteiger partial charge in [0.2, 0.25) is 5.95 Å². The summed E-state index contributed by atoms with van der Waals surface area (Å²) in [5, 5.41) is 21.3. The summed E-state index contributed by atoms with van der Waals surface area (Å²) < 4.78 is 5.35. The number of hydrogen-bond donors (Lipinski definition) is 4. The van der Waals surface area contributed by atoms with E-state index >= 15 is 0 Å². The molecule has 0 unspecified atom stereocenters. The number of aryl methyl sites for hydroxylation is 1. The number of carboxylic acid groups (broad SMARTS) is 1. The summed E-state index contributed by atoms with van der Waals surface area (Å²) >= 11 is 0. The molecule has 130 valence electrons. The number of carbonyl (C=O) groups is 1. The number of aromatic nitrogens is 2. The van der Waals surface area contributed by atoms with Crippen molar-refractivity contribution in [1.82, 2.24) is 9.97 Å². The molecular weight excluding hydrogens is 300 g/mol. The molecule has 23 heavy (non-hydrogen) atoms. The molecule has 5 N–H and O–H groups in total. The molecule has 1 rings (SSSR count). The first-order chi connectivity index (χ1) is 11.0. The van der Waals surface area contributed by atoms with Gasteiger partial charge < -0.3 is 26.0 Å². The van der Waals surface area contributed by atoms with Crippen LogP contribution in [0.25, 0.3) is 0 Å². The van der Waals surface area contributed by atoms with Gasteiger partial charge in [0.25, 0.3) is 0 Å². The number of nitrogen functional groups attached to an aromatic ring is 1. The number of rotatable bonds is 11. The zero-order valence-corrected chi connectivity index (χ0v) is 13.7. The predicted molar refractivity (Wildman–Crippen MR) is 87.6 cm³/mol. The number of unbranched alkanes of at least 4 members (excludes halogenated alkanes) is 1. The number of anilines is 2. The molecule has 0 bridgehead atoms. The molecule has 0 aliphatic rings. The van der Waals surface area contributed by atoms with Gasteiger partial charge in [-0.15, -0.1) is 0 Å². The fourth-order valence-corrected chi connectivity index (χ4v) is 2.31. The third-order valence-corrected chi connectivity index (χ3v) is 3.46. The van der Waals surface area contributed by atoms with Crippen LogP contribution in [0.2, 0.25) is 0 Å². The van der Waals surface area contributed by atoms with Gasteiger partial charge in [0.1, 0.15) is 0 Å². The van der Waals surface area contributed by atoms with E-state index in [0.717, 1.165) is 19.3 Å². The number of ether oxygens (including phenoxy) is 1. The summed E-state index contributed by atoms with van der Waals surface area (Å²) in [4.78, 5) is 19.0. The third kappa shape index (κ3) is 6.27. The molecular formula is C15H26N4O4. The van der Waals surface area contributed by atoms with E-state index in [1.165, 1.54) is 7.11 Å². The van der Waals surface area contributed by atoms with E-state index in [0.29, 0.717) is 23.7 Å². The predicted octanol–water partition coefficient (Wildman–Crippen LogP) is 1.44. The number of nitrogens with zero attached hydrogens (tertiary/aromatic N) is 2. The van der Waals surface area contributed by atoms with Gasteiger partial charge in [0.15, 0.2) is 11.6 Å². The highest BCUT2D eigenvalue weighted by Crippen LogP contribution is 2.29. The summed E-state index contributed by atoms with van der Waals surface area (Å²) in [6.45, 7) is 2.17. The first-order valence-corrected chi connectivity index (χ1v) is 7.81. The number of nitrogens with one attached hydrogen (secondary N) is 1. The first-order valence-electron chi connectivity index (χ1n) is 7.81. The molecule has 0 spiro atoms. The van der Waals surface area contributed by atoms with Gasteiger partial charge in [0, 0.05) is 19.1 Å². The first kappa shape index (κ1) is 19.0. The number of aliphatic hydroxyl groups excluding tert-OH is 1. The van der Waals surface area contributed by atoms with Crippen molar-refractivity contribution in [3.63, 3.8) is 0 Å². The van der Waals surface area contributed by atoms with Crippen molar-refractivity contribution in [3.8, 4) is 5.75 Å². The molecule has 0 aliphatic heterocycles. The summed E-state index contributed by atoms with van der Waals surface area (Å²) in [5.74, 6) is -0.0124. The lowest BCUT2D eigenvalue weighted by molar-refractivity contribution is -0.136. The smallest absolute Gasteiger partial charge is 0.303 e. The second-order valence-electron chi connectivity index (χ2n) is 5.30. The second-order valence-corrected chi connectivity index (χ2v) is 5.30. The largest absolute Gasteiger partial charge is 0.491 e. The minimum atomic E-state index is -0.917. The van der Waals surface area contributed by atoms with Crippen LogP contribution in [0.5, 0.6) is 5.75 Å². The summed E-state index contributed by atoms with van der Waals surface area (Å²) in [6, 6.07) is 0.0375. The molecule has 0 saturated heterocycles. The molecule has 0 amide bonds. The molecule has 0 aromatic carbocycles. The summed E-state index contributed by atoms with van der Waals surface area (Å²) in [7, 11) is 1.48. The van der Waals surface area contributed by atoms with E-state index in [1.54, 1.807) is 0 Å². The summed E-state index contributed by atoms with van der Waals surface area (Å²) in [6.07, 6.45) is 3.68. The molecule has 1 atom stereocenters. The molecule has 1 heterocycles. The molecule has 0 radical (unpaired) electrons. The van der Waals surface area contributed by atoms with E-state index in [2.05, 4.69) is 22.2 Å². The molecule has 8 heteroatoms. The number of hydrogen-bond acceptors (Lipinski definition) is 7. The van der Waals surface area contributed by atoms with Crippen molar-refractivity contribution in [1.29, 1.82) is 0 Å². The van der Waals surface area contributed by atoms with Gasteiger partial charge in [-0.2, -0.15) is 4.98 Å². The second kappa shape index (κ2) is 9.83. The van der Waals surface area contributed by atoms with Crippen LogP contribution in [-0.2, 0) is 11.2 Å². The van der Waals surface area contributed by atoms with Gasteiger partial charge in [-0.05, 0) is 12.8 Å². The normalized spacial score (nSPS) is 12.0. The van der Waals surface area contributed by atoms with Crippen molar-refractivity contribution in [2.75, 3.05) is 24.8 Å². The lowest BCUT2D eigenvalue weighted by atomic mass is 10.1. The number of aliphatic hydroxyl groups is 1. The topological polar surface area (TPSA) is 131 Å². The fraction of sp³-hybridized carbons (Fsp3) is 0.667. The maximum absolute atomic E-state index is 10.8. The van der Waals surface area contributed by atoms with Crippen molar-refractivity contribution >= 4 is 17.7 Å². The summed E-state index contributed by atoms with van der Waals surface area (Å²) in [5.41, 5.74) is 6.19. The van der Waals surface area contributed by atoms with E-state index < -0.39 is 5.97 Å². The average Bonchev–Trinajstić information content (AvgIpc) is 2.50. The van der Waals surface area contributed by atoms with Gasteiger partial charge in [0.05, 0.1) is 19.2 Å². The Morgan fingerprint density at radius 1 is 1.39 bits per heavy atom. The minimum absolute atomic E-state index is 0.0375. The number of methoxy groups -OCH3 is 1. The van der Waals surface area contributed by atoms with E-state index in [9.17, 15) is 9.90 Å². The highest BCUT2D eigenvalue weighted by atomic mass is 16.5. The quantitative estimate of drug-likeness (QED) is 0.480. The van der Waals surface area contributed by atoms with Gasteiger partial charge >= 0.3 is 5.97 Å². The minimum Gasteiger partial charge on any atom is -0.491 e. The maximum atomic E-state index is 10.8. The van der Waals surface area contributed by atoms with Crippen LogP contribution < -0.4 is 15.8 Å². The highest BCUT2D eigenvalue weighted by Gasteiger charge is 2.18. The molecule has 0 fully saturated rings. The van der Waals surface area contributed by atoms with Crippen LogP contribution >= 0.6 is 0 Å². The molecule has 1 aromatic rings. The van der Waals surface area contributed by atoms with Crippen molar-refractivity contribution < 1.29 is 19.7 Å². The Hall–Kier alpha value is -2.09. The Balaban J connectivity index is 3.00. The van der Waals surface area contributed by atoms with Crippen molar-refractivity contribution in [2.45, 2.75) is 51.5 Å². The zero-order valence-electron chi connectivity index (χ0n) is 13.7. The van der Waals surface area contributed by atoms with Crippen LogP contribution in [0.3, 0.4) is 0 Å². The Labute approximate surface area is 136 Å². The Kier molecular flexibility index (Phi) is 8.10. The fourth-order valence-electron chi connectivity index (χ4n) is 2.31. The standard InChI is InChI=1S/C15H26N4O4/c1-3-4-5-10(8-9-20)17-14-13(23-2)11(6-7-12(21)22)18-15(16)19-14/h10,20H,3-9H2,1-2H3,(H,21,22)(H3,16,17,18,19)/t10-/m0/s1. The molecule has 0 aliphatic carbocycles. The van der Waals surface area contributed by atoms with E-state index in [-0.39, 0.29) is 31.4 Å². The molecule has 0 saturated carbocycles. The molecule has 8 nitrogen and oxygen atoms in total. The molecule has 1 aromatic heterocycles. The lowest BCUT2D eigenvalue weighted by Crippen LogP contribution is -2.23. The monoisotopic (exact) mass is 326 g/mol. The Morgan fingerprint density at radius 2 is 2.13 bits per heavy atom. The number of aliphatic carboxylic acids is 1. The van der Waals surface area contributed by atoms with Gasteiger partial charge in [-0.1, -0.05) is 19.8 Å². The van der Waals surface area contributed by atoms with Gasteiger partial charge in [-0.25, -0.2) is 4.98 Å². The zero-order chi connectivity index (χ0) is 17.2. The van der Waals surface area contributed by atoms with Crippen LogP contribution in [0, 0.1) is 0 Å². The third-order valence-electron chi connectivity index (χ3n) is 3.46. The van der Waals surface area contributed by atoms with Crippen molar-refractivity contribution in [2.24, 2.45) is 0 Å². The van der Waals surface area contributed by atoms with Crippen LogP contribution in [0.4, 0.5) is 11.8 Å². The van der Waals surface area contributed by atoms with Gasteiger partial charge in [-0.3, -0.25) is 4.79 Å². The van der Waals surface area contributed by atoms with E-state index in [4.69, 9.17) is 15.6 Å². The van der Waals surface area contributed by atoms with Crippen LogP contribution in [-0.4, -0.2) is 45.9 Å². The number of carboxylic acids is 1. The maximum Gasteiger partial charge on any atom is 0.303 e. The number of nitrogens with two attached hydrogens (primary N) is 1. The SMILES string of the molecule is CCCC[C@@H](CCO)Nc1nc(N)nc(CCC(=O)O)c1OC. The van der Waals surface area contributed by atoms with Crippen LogP contribution in [0.15, 0.2) is 0 Å². The van der Waals surface area contributed by atoms with Crippen molar-refractivity contribution in [3.05, 3.63) is 5.69 Å². The Morgan fingerprint density at radius 3 is 2.70 bits per heavy atom. The average molecular weight is 326 g/mol. The Bertz CT molecular complexity index is 510.